The molecule has 2 N–H and O–H groups in total. The summed E-state index contributed by atoms with van der Waals surface area (Å²) in [5, 5.41) is 13.2. The number of nitrogens with zero attached hydrogens (tertiary/aromatic N) is 5. The van der Waals surface area contributed by atoms with Gasteiger partial charge in [-0.15, -0.1) is 0 Å². The van der Waals surface area contributed by atoms with Crippen LogP contribution in [-0.2, 0) is 11.3 Å². The number of nitrogens with one attached hydrogen (secondary N) is 2. The summed E-state index contributed by atoms with van der Waals surface area (Å²) in [6, 6.07) is -0.621. The summed E-state index contributed by atoms with van der Waals surface area (Å²) in [5.74, 6) is 0.245. The normalized spacial score (nSPS) is 18.0. The van der Waals surface area contributed by atoms with Crippen LogP contribution in [0.15, 0.2) is 6.33 Å². The molecule has 9 nitrogen and oxygen atoms in total. The van der Waals surface area contributed by atoms with E-state index < -0.39 is 11.9 Å². The number of aromatic nitrogens is 5. The molecular formula is C13H17N7O2. The van der Waals surface area contributed by atoms with Gasteiger partial charge in [0, 0.05) is 19.2 Å². The van der Waals surface area contributed by atoms with Crippen molar-refractivity contribution in [3.05, 3.63) is 23.4 Å². The third kappa shape index (κ3) is 2.24. The van der Waals surface area contributed by atoms with E-state index in [4.69, 9.17) is 0 Å². The molecule has 0 aliphatic carbocycles. The number of hydrogen-bond donors (Lipinski definition) is 2. The predicted molar refractivity (Wildman–Crippen MR) is 77.4 cm³/mol. The lowest BCUT2D eigenvalue weighted by Crippen LogP contribution is -2.47. The molecule has 9 heteroatoms. The molecule has 0 bridgehead atoms. The first-order valence-corrected chi connectivity index (χ1v) is 6.97. The molecule has 0 saturated heterocycles. The molecule has 0 aromatic carbocycles. The Labute approximate surface area is 126 Å². The van der Waals surface area contributed by atoms with Crippen LogP contribution < -0.4 is 10.2 Å². The Morgan fingerprint density at radius 1 is 1.45 bits per heavy atom. The van der Waals surface area contributed by atoms with Gasteiger partial charge in [-0.1, -0.05) is 0 Å². The van der Waals surface area contributed by atoms with E-state index in [1.165, 1.54) is 6.33 Å². The lowest BCUT2D eigenvalue weighted by molar-refractivity contribution is -0.120. The maximum Gasteiger partial charge on any atom is 0.289 e. The van der Waals surface area contributed by atoms with E-state index in [0.717, 1.165) is 17.1 Å². The van der Waals surface area contributed by atoms with Gasteiger partial charge in [-0.2, -0.15) is 10.2 Å². The SMILES string of the molecule is Cc1nn2c(c1C)N(C)C(=O)C(NC(=O)c1ncn[nH]1)CC2. The van der Waals surface area contributed by atoms with Gasteiger partial charge in [0.25, 0.3) is 11.8 Å². The smallest absolute Gasteiger partial charge is 0.289 e. The first-order chi connectivity index (χ1) is 10.5. The number of rotatable bonds is 2. The standard InChI is InChI=1S/C13H17N7O2/c1-7-8(2)18-20-5-4-9(13(22)19(3)12(7)20)16-11(21)10-14-6-15-17-10/h6,9H,4-5H2,1-3H3,(H,16,21)(H,14,15,17). The minimum Gasteiger partial charge on any atom is -0.337 e. The zero-order valence-electron chi connectivity index (χ0n) is 12.6. The number of carbonyl (C=O) groups is 2. The molecule has 3 heterocycles. The molecule has 2 aromatic heterocycles. The molecule has 1 unspecified atom stereocenters. The van der Waals surface area contributed by atoms with Crippen molar-refractivity contribution in [2.45, 2.75) is 32.9 Å². The average Bonchev–Trinajstić information content (AvgIpc) is 3.09. The fourth-order valence-electron chi connectivity index (χ4n) is 2.63. The minimum atomic E-state index is -0.621. The second kappa shape index (κ2) is 5.24. The molecule has 3 rings (SSSR count). The van der Waals surface area contributed by atoms with Crippen molar-refractivity contribution in [2.24, 2.45) is 0 Å². The van der Waals surface area contributed by atoms with Crippen molar-refractivity contribution in [1.82, 2.24) is 30.3 Å². The molecule has 1 atom stereocenters. The number of likely N-dealkylation sites (N-methyl/N-ethyl adjacent to an activating group) is 1. The van der Waals surface area contributed by atoms with Crippen molar-refractivity contribution in [2.75, 3.05) is 11.9 Å². The van der Waals surface area contributed by atoms with E-state index in [-0.39, 0.29) is 11.7 Å². The molecule has 1 aliphatic rings. The van der Waals surface area contributed by atoms with E-state index in [1.807, 2.05) is 18.5 Å². The van der Waals surface area contributed by atoms with Crippen LogP contribution in [0.25, 0.3) is 0 Å². The van der Waals surface area contributed by atoms with Gasteiger partial charge in [-0.3, -0.25) is 19.6 Å². The van der Waals surface area contributed by atoms with Crippen LogP contribution in [0.1, 0.15) is 28.3 Å². The quantitative estimate of drug-likeness (QED) is 0.797. The van der Waals surface area contributed by atoms with Gasteiger partial charge < -0.3 is 5.32 Å². The first-order valence-electron chi connectivity index (χ1n) is 6.97. The number of carbonyl (C=O) groups excluding carboxylic acids is 2. The van der Waals surface area contributed by atoms with Crippen LogP contribution >= 0.6 is 0 Å². The molecule has 1 aliphatic heterocycles. The Morgan fingerprint density at radius 2 is 2.23 bits per heavy atom. The molecule has 0 fully saturated rings. The lowest BCUT2D eigenvalue weighted by atomic mass is 10.2. The highest BCUT2D eigenvalue weighted by molar-refractivity contribution is 6.01. The van der Waals surface area contributed by atoms with Gasteiger partial charge in [-0.25, -0.2) is 9.67 Å². The monoisotopic (exact) mass is 303 g/mol. The van der Waals surface area contributed by atoms with E-state index in [9.17, 15) is 9.59 Å². The minimum absolute atomic E-state index is 0.0875. The van der Waals surface area contributed by atoms with Crippen molar-refractivity contribution < 1.29 is 9.59 Å². The molecule has 2 amide bonds. The fourth-order valence-corrected chi connectivity index (χ4v) is 2.63. The summed E-state index contributed by atoms with van der Waals surface area (Å²) in [6.07, 6.45) is 1.72. The molecule has 22 heavy (non-hydrogen) atoms. The largest absolute Gasteiger partial charge is 0.337 e. The second-order valence-electron chi connectivity index (χ2n) is 5.30. The van der Waals surface area contributed by atoms with Gasteiger partial charge in [-0.05, 0) is 20.3 Å². The summed E-state index contributed by atoms with van der Waals surface area (Å²) in [4.78, 5) is 30.0. The van der Waals surface area contributed by atoms with E-state index >= 15 is 0 Å². The van der Waals surface area contributed by atoms with E-state index in [1.54, 1.807) is 11.9 Å². The number of aryl methyl sites for hydroxylation is 2. The van der Waals surface area contributed by atoms with Gasteiger partial charge in [0.05, 0.1) is 5.69 Å². The van der Waals surface area contributed by atoms with Crippen LogP contribution in [0.2, 0.25) is 0 Å². The van der Waals surface area contributed by atoms with Crippen LogP contribution in [0.3, 0.4) is 0 Å². The maximum absolute atomic E-state index is 12.6. The van der Waals surface area contributed by atoms with Gasteiger partial charge in [0.2, 0.25) is 5.82 Å². The molecule has 116 valence electrons. The zero-order valence-corrected chi connectivity index (χ0v) is 12.6. The zero-order chi connectivity index (χ0) is 15.9. The maximum atomic E-state index is 12.6. The van der Waals surface area contributed by atoms with Crippen molar-refractivity contribution >= 4 is 17.6 Å². The third-order valence-electron chi connectivity index (χ3n) is 3.90. The highest BCUT2D eigenvalue weighted by atomic mass is 16.2. The number of aromatic amines is 1. The Hall–Kier alpha value is -2.71. The van der Waals surface area contributed by atoms with Gasteiger partial charge >= 0.3 is 0 Å². The summed E-state index contributed by atoms with van der Waals surface area (Å²) in [5.41, 5.74) is 1.87. The highest BCUT2D eigenvalue weighted by Crippen LogP contribution is 2.26. The van der Waals surface area contributed by atoms with E-state index in [0.29, 0.717) is 13.0 Å². The summed E-state index contributed by atoms with van der Waals surface area (Å²) < 4.78 is 1.81. The topological polar surface area (TPSA) is 109 Å². The molecular weight excluding hydrogens is 286 g/mol. The van der Waals surface area contributed by atoms with Crippen molar-refractivity contribution in [1.29, 1.82) is 0 Å². The Morgan fingerprint density at radius 3 is 2.91 bits per heavy atom. The Kier molecular flexibility index (Phi) is 3.39. The van der Waals surface area contributed by atoms with Gasteiger partial charge in [0.1, 0.15) is 18.2 Å². The van der Waals surface area contributed by atoms with Crippen LogP contribution in [0, 0.1) is 13.8 Å². The molecule has 0 radical (unpaired) electrons. The highest BCUT2D eigenvalue weighted by Gasteiger charge is 2.32. The summed E-state index contributed by atoms with van der Waals surface area (Å²) in [6.45, 7) is 4.41. The van der Waals surface area contributed by atoms with Crippen LogP contribution in [0.5, 0.6) is 0 Å². The molecule has 0 saturated carbocycles. The van der Waals surface area contributed by atoms with Gasteiger partial charge in [0.15, 0.2) is 0 Å². The first kappa shape index (κ1) is 14.2. The summed E-state index contributed by atoms with van der Waals surface area (Å²) in [7, 11) is 1.70. The van der Waals surface area contributed by atoms with Crippen LogP contribution in [-0.4, -0.2) is 49.9 Å². The Bertz CT molecular complexity index is 719. The Balaban J connectivity index is 1.82. The van der Waals surface area contributed by atoms with Crippen molar-refractivity contribution in [3.63, 3.8) is 0 Å². The number of anilines is 1. The number of fused-ring (bicyclic) bond motifs is 1. The fraction of sp³-hybridized carbons (Fsp3) is 0.462. The van der Waals surface area contributed by atoms with Crippen LogP contribution in [0.4, 0.5) is 5.82 Å². The number of H-pyrrole nitrogens is 1. The second-order valence-corrected chi connectivity index (χ2v) is 5.30. The van der Waals surface area contributed by atoms with Crippen molar-refractivity contribution in [3.8, 4) is 0 Å². The number of hydrogen-bond acceptors (Lipinski definition) is 5. The molecule has 2 aromatic rings. The average molecular weight is 303 g/mol. The lowest BCUT2D eigenvalue weighted by Gasteiger charge is -2.20. The third-order valence-corrected chi connectivity index (χ3v) is 3.90. The summed E-state index contributed by atoms with van der Waals surface area (Å²) >= 11 is 0. The molecule has 0 spiro atoms. The number of amides is 2. The predicted octanol–water partition coefficient (Wildman–Crippen LogP) is -0.217. The van der Waals surface area contributed by atoms with E-state index in [2.05, 4.69) is 25.6 Å².